The molecule has 2 aromatic rings. The molecule has 19 heavy (non-hydrogen) atoms. The second-order valence-electron chi connectivity index (χ2n) is 5.18. The third-order valence-corrected chi connectivity index (χ3v) is 3.79. The number of anilines is 2. The van der Waals surface area contributed by atoms with Gasteiger partial charge in [0.1, 0.15) is 0 Å². The van der Waals surface area contributed by atoms with Crippen molar-refractivity contribution in [3.63, 3.8) is 0 Å². The minimum atomic E-state index is 0.851. The molecule has 3 nitrogen and oxygen atoms in total. The highest BCUT2D eigenvalue weighted by molar-refractivity contribution is 5.59. The first-order chi connectivity index (χ1) is 9.24. The van der Waals surface area contributed by atoms with Crippen LogP contribution in [-0.2, 0) is 13.0 Å². The number of aryl methyl sites for hydroxylation is 1. The molecule has 0 bridgehead atoms. The number of fused-ring (bicyclic) bond motifs is 1. The van der Waals surface area contributed by atoms with Crippen LogP contribution in [0.2, 0.25) is 0 Å². The van der Waals surface area contributed by atoms with Gasteiger partial charge in [-0.2, -0.15) is 0 Å². The van der Waals surface area contributed by atoms with E-state index in [1.165, 1.54) is 22.4 Å². The van der Waals surface area contributed by atoms with E-state index in [4.69, 9.17) is 0 Å². The molecule has 3 heteroatoms. The second-order valence-corrected chi connectivity index (χ2v) is 5.18. The first-order valence-corrected chi connectivity index (χ1v) is 6.71. The molecule has 1 aromatic heterocycles. The van der Waals surface area contributed by atoms with Crippen LogP contribution >= 0.6 is 0 Å². The Morgan fingerprint density at radius 1 is 1.32 bits per heavy atom. The highest BCUT2D eigenvalue weighted by Gasteiger charge is 2.15. The fraction of sp³-hybridized carbons (Fsp3) is 0.312. The lowest BCUT2D eigenvalue weighted by Gasteiger charge is -2.13. The van der Waals surface area contributed by atoms with Crippen molar-refractivity contribution in [1.82, 2.24) is 4.98 Å². The summed E-state index contributed by atoms with van der Waals surface area (Å²) in [5.74, 6) is 0. The van der Waals surface area contributed by atoms with E-state index in [2.05, 4.69) is 47.4 Å². The van der Waals surface area contributed by atoms with Crippen LogP contribution in [-0.4, -0.2) is 18.6 Å². The average molecular weight is 253 g/mol. The highest BCUT2D eigenvalue weighted by atomic mass is 15.1. The van der Waals surface area contributed by atoms with Crippen molar-refractivity contribution in [2.75, 3.05) is 23.8 Å². The topological polar surface area (TPSA) is 28.2 Å². The van der Waals surface area contributed by atoms with Gasteiger partial charge >= 0.3 is 0 Å². The molecule has 98 valence electrons. The van der Waals surface area contributed by atoms with E-state index in [1.807, 2.05) is 18.5 Å². The van der Waals surface area contributed by atoms with Crippen molar-refractivity contribution in [2.24, 2.45) is 0 Å². The summed E-state index contributed by atoms with van der Waals surface area (Å²) in [5.41, 5.74) is 6.51. The fourth-order valence-electron chi connectivity index (χ4n) is 2.58. The van der Waals surface area contributed by atoms with Gasteiger partial charge in [0, 0.05) is 32.0 Å². The van der Waals surface area contributed by atoms with Crippen molar-refractivity contribution in [2.45, 2.75) is 19.9 Å². The van der Waals surface area contributed by atoms with Gasteiger partial charge in [-0.05, 0) is 42.2 Å². The Labute approximate surface area is 114 Å². The summed E-state index contributed by atoms with van der Waals surface area (Å²) in [6.45, 7) is 4.08. The lowest BCUT2D eigenvalue weighted by atomic mass is 10.1. The molecule has 0 atom stereocenters. The van der Waals surface area contributed by atoms with Crippen LogP contribution in [0.1, 0.15) is 16.7 Å². The predicted molar refractivity (Wildman–Crippen MR) is 79.7 cm³/mol. The zero-order valence-electron chi connectivity index (χ0n) is 11.5. The van der Waals surface area contributed by atoms with E-state index in [-0.39, 0.29) is 0 Å². The van der Waals surface area contributed by atoms with Crippen LogP contribution in [0.3, 0.4) is 0 Å². The van der Waals surface area contributed by atoms with Gasteiger partial charge in [0.2, 0.25) is 0 Å². The van der Waals surface area contributed by atoms with Gasteiger partial charge in [0.15, 0.2) is 0 Å². The molecular weight excluding hydrogens is 234 g/mol. The predicted octanol–water partition coefficient (Wildman–Crippen LogP) is 2.99. The molecule has 0 fully saturated rings. The smallest absolute Gasteiger partial charge is 0.0559 e. The molecule has 0 saturated carbocycles. The van der Waals surface area contributed by atoms with Gasteiger partial charge in [-0.15, -0.1) is 0 Å². The fourth-order valence-corrected chi connectivity index (χ4v) is 2.58. The van der Waals surface area contributed by atoms with E-state index in [0.717, 1.165) is 25.2 Å². The zero-order valence-corrected chi connectivity index (χ0v) is 11.5. The van der Waals surface area contributed by atoms with Crippen LogP contribution < -0.4 is 10.2 Å². The number of likely N-dealkylation sites (N-methyl/N-ethyl adjacent to an activating group) is 1. The van der Waals surface area contributed by atoms with Gasteiger partial charge < -0.3 is 10.2 Å². The number of aromatic nitrogens is 1. The van der Waals surface area contributed by atoms with Gasteiger partial charge in [0.25, 0.3) is 0 Å². The molecule has 0 amide bonds. The van der Waals surface area contributed by atoms with E-state index in [1.54, 1.807) is 0 Å². The first kappa shape index (κ1) is 12.0. The van der Waals surface area contributed by atoms with Crippen molar-refractivity contribution < 1.29 is 0 Å². The van der Waals surface area contributed by atoms with Crippen molar-refractivity contribution in [3.8, 4) is 0 Å². The Morgan fingerprint density at radius 2 is 2.21 bits per heavy atom. The van der Waals surface area contributed by atoms with E-state index >= 15 is 0 Å². The van der Waals surface area contributed by atoms with Gasteiger partial charge in [-0.1, -0.05) is 12.1 Å². The van der Waals surface area contributed by atoms with Crippen LogP contribution in [0, 0.1) is 6.92 Å². The molecule has 1 aromatic carbocycles. The van der Waals surface area contributed by atoms with Crippen molar-refractivity contribution >= 4 is 11.4 Å². The summed E-state index contributed by atoms with van der Waals surface area (Å²) in [6, 6.07) is 8.78. The van der Waals surface area contributed by atoms with E-state index in [9.17, 15) is 0 Å². The molecule has 2 heterocycles. The lowest BCUT2D eigenvalue weighted by molar-refractivity contribution is 0.955. The maximum absolute atomic E-state index is 4.16. The minimum Gasteiger partial charge on any atom is -0.380 e. The number of nitrogens with zero attached hydrogens (tertiary/aromatic N) is 2. The Bertz CT molecular complexity index is 592. The number of hydrogen-bond donors (Lipinski definition) is 1. The SMILES string of the molecule is Cc1ccncc1NCc1ccc2c(c1)CCN2C. The molecule has 1 aliphatic heterocycles. The van der Waals surface area contributed by atoms with Crippen molar-refractivity contribution in [3.05, 3.63) is 53.3 Å². The summed E-state index contributed by atoms with van der Waals surface area (Å²) in [4.78, 5) is 6.47. The third kappa shape index (κ3) is 2.41. The van der Waals surface area contributed by atoms with Crippen LogP contribution in [0.25, 0.3) is 0 Å². The monoisotopic (exact) mass is 253 g/mol. The molecular formula is C16H19N3. The maximum atomic E-state index is 4.16. The minimum absolute atomic E-state index is 0.851. The molecule has 0 radical (unpaired) electrons. The average Bonchev–Trinajstić information content (AvgIpc) is 2.79. The summed E-state index contributed by atoms with van der Waals surface area (Å²) < 4.78 is 0. The molecule has 0 aliphatic carbocycles. The van der Waals surface area contributed by atoms with Gasteiger partial charge in [-0.3, -0.25) is 4.98 Å². The maximum Gasteiger partial charge on any atom is 0.0559 e. The molecule has 3 rings (SSSR count). The normalized spacial score (nSPS) is 13.5. The standard InChI is InChI=1S/C16H19N3/c1-12-5-7-17-11-15(12)18-10-13-3-4-16-14(9-13)6-8-19(16)2/h3-5,7,9,11,18H,6,8,10H2,1-2H3. The summed E-state index contributed by atoms with van der Waals surface area (Å²) in [6.07, 6.45) is 4.87. The Balaban J connectivity index is 1.73. The molecule has 0 saturated heterocycles. The van der Waals surface area contributed by atoms with E-state index in [0.29, 0.717) is 0 Å². The van der Waals surface area contributed by atoms with Crippen LogP contribution in [0.4, 0.5) is 11.4 Å². The summed E-state index contributed by atoms with van der Waals surface area (Å²) in [7, 11) is 2.16. The third-order valence-electron chi connectivity index (χ3n) is 3.79. The van der Waals surface area contributed by atoms with Crippen molar-refractivity contribution in [1.29, 1.82) is 0 Å². The molecule has 0 spiro atoms. The Hall–Kier alpha value is -2.03. The highest BCUT2D eigenvalue weighted by Crippen LogP contribution is 2.27. The summed E-state index contributed by atoms with van der Waals surface area (Å²) in [5, 5.41) is 3.46. The zero-order chi connectivity index (χ0) is 13.2. The molecule has 0 unspecified atom stereocenters. The number of pyridine rings is 1. The summed E-state index contributed by atoms with van der Waals surface area (Å²) >= 11 is 0. The quantitative estimate of drug-likeness (QED) is 0.911. The number of hydrogen-bond acceptors (Lipinski definition) is 3. The van der Waals surface area contributed by atoms with Crippen LogP contribution in [0.5, 0.6) is 0 Å². The van der Waals surface area contributed by atoms with Gasteiger partial charge in [0.05, 0.1) is 11.9 Å². The van der Waals surface area contributed by atoms with Crippen LogP contribution in [0.15, 0.2) is 36.7 Å². The largest absolute Gasteiger partial charge is 0.380 e. The number of nitrogens with one attached hydrogen (secondary N) is 1. The lowest BCUT2D eigenvalue weighted by Crippen LogP contribution is -2.12. The molecule has 1 aliphatic rings. The van der Waals surface area contributed by atoms with E-state index < -0.39 is 0 Å². The number of benzene rings is 1. The second kappa shape index (κ2) is 4.92. The number of rotatable bonds is 3. The Kier molecular flexibility index (Phi) is 3.11. The Morgan fingerprint density at radius 3 is 3.05 bits per heavy atom. The molecule has 1 N–H and O–H groups in total. The first-order valence-electron chi connectivity index (χ1n) is 6.71. The van der Waals surface area contributed by atoms with Gasteiger partial charge in [-0.25, -0.2) is 0 Å².